The molecular weight excluding hydrogens is 283 g/mol. The average Bonchev–Trinajstić information content (AvgIpc) is 2.45. The van der Waals surface area contributed by atoms with Crippen molar-refractivity contribution in [3.05, 3.63) is 47.3 Å². The van der Waals surface area contributed by atoms with Crippen LogP contribution in [0.1, 0.15) is 16.7 Å². The number of hydrazine groups is 1. The number of benzene rings is 1. The highest BCUT2D eigenvalue weighted by Gasteiger charge is 2.32. The SMILES string of the molecule is Cc1c(NN)ncnc1NCc1ccccc1C(F)(F)F. The molecule has 0 fully saturated rings. The van der Waals surface area contributed by atoms with Gasteiger partial charge < -0.3 is 10.7 Å². The molecule has 0 saturated carbocycles. The Balaban J connectivity index is 2.22. The second kappa shape index (κ2) is 5.96. The summed E-state index contributed by atoms with van der Waals surface area (Å²) in [7, 11) is 0. The highest BCUT2D eigenvalue weighted by Crippen LogP contribution is 2.32. The van der Waals surface area contributed by atoms with Gasteiger partial charge in [0.2, 0.25) is 0 Å². The number of nitrogens with zero attached hydrogens (tertiary/aromatic N) is 2. The summed E-state index contributed by atoms with van der Waals surface area (Å²) < 4.78 is 38.7. The van der Waals surface area contributed by atoms with E-state index in [1.54, 1.807) is 13.0 Å². The molecule has 0 aliphatic rings. The predicted octanol–water partition coefficient (Wildman–Crippen LogP) is 2.70. The number of aromatic nitrogens is 2. The molecule has 4 N–H and O–H groups in total. The van der Waals surface area contributed by atoms with Crippen LogP contribution in [0, 0.1) is 6.92 Å². The molecule has 0 aliphatic carbocycles. The van der Waals surface area contributed by atoms with Gasteiger partial charge in [0.15, 0.2) is 0 Å². The number of nitrogen functional groups attached to an aromatic ring is 1. The number of halogens is 3. The third kappa shape index (κ3) is 3.40. The van der Waals surface area contributed by atoms with Crippen LogP contribution in [0.3, 0.4) is 0 Å². The molecule has 0 amide bonds. The lowest BCUT2D eigenvalue weighted by molar-refractivity contribution is -0.138. The number of rotatable bonds is 4. The first-order chi connectivity index (χ1) is 9.93. The van der Waals surface area contributed by atoms with Gasteiger partial charge in [-0.1, -0.05) is 18.2 Å². The zero-order valence-corrected chi connectivity index (χ0v) is 11.2. The van der Waals surface area contributed by atoms with Gasteiger partial charge in [-0.3, -0.25) is 0 Å². The van der Waals surface area contributed by atoms with Gasteiger partial charge in [-0.25, -0.2) is 15.8 Å². The van der Waals surface area contributed by atoms with E-state index in [1.165, 1.54) is 18.5 Å². The molecule has 2 aromatic rings. The molecule has 1 aromatic carbocycles. The minimum atomic E-state index is -4.39. The molecule has 2 rings (SSSR count). The number of hydrogen-bond donors (Lipinski definition) is 3. The van der Waals surface area contributed by atoms with E-state index in [-0.39, 0.29) is 12.1 Å². The fourth-order valence-corrected chi connectivity index (χ4v) is 1.90. The van der Waals surface area contributed by atoms with Gasteiger partial charge in [-0.15, -0.1) is 0 Å². The Labute approximate surface area is 119 Å². The Morgan fingerprint density at radius 3 is 2.48 bits per heavy atom. The minimum Gasteiger partial charge on any atom is -0.366 e. The summed E-state index contributed by atoms with van der Waals surface area (Å²) >= 11 is 0. The van der Waals surface area contributed by atoms with Crippen molar-refractivity contribution in [3.8, 4) is 0 Å². The second-order valence-corrected chi connectivity index (χ2v) is 4.35. The van der Waals surface area contributed by atoms with Crippen LogP contribution >= 0.6 is 0 Å². The largest absolute Gasteiger partial charge is 0.416 e. The molecule has 1 heterocycles. The maximum atomic E-state index is 12.9. The van der Waals surface area contributed by atoms with Gasteiger partial charge in [0.25, 0.3) is 0 Å². The van der Waals surface area contributed by atoms with Crippen molar-refractivity contribution in [2.24, 2.45) is 5.84 Å². The highest BCUT2D eigenvalue weighted by molar-refractivity contribution is 5.56. The minimum absolute atomic E-state index is 0.00243. The van der Waals surface area contributed by atoms with E-state index < -0.39 is 11.7 Å². The van der Waals surface area contributed by atoms with Crippen LogP contribution in [0.2, 0.25) is 0 Å². The van der Waals surface area contributed by atoms with Crippen LogP contribution in [0.5, 0.6) is 0 Å². The van der Waals surface area contributed by atoms with E-state index in [1.807, 2.05) is 0 Å². The number of alkyl halides is 3. The fourth-order valence-electron chi connectivity index (χ4n) is 1.90. The topological polar surface area (TPSA) is 75.9 Å². The summed E-state index contributed by atoms with van der Waals surface area (Å²) in [6, 6.07) is 5.40. The summed E-state index contributed by atoms with van der Waals surface area (Å²) in [5, 5.41) is 2.87. The zero-order valence-electron chi connectivity index (χ0n) is 11.2. The summed E-state index contributed by atoms with van der Waals surface area (Å²) in [5.74, 6) is 6.13. The molecule has 112 valence electrons. The van der Waals surface area contributed by atoms with Crippen molar-refractivity contribution in [3.63, 3.8) is 0 Å². The lowest BCUT2D eigenvalue weighted by Gasteiger charge is -2.15. The molecule has 5 nitrogen and oxygen atoms in total. The molecule has 21 heavy (non-hydrogen) atoms. The van der Waals surface area contributed by atoms with Crippen LogP contribution in [-0.2, 0) is 12.7 Å². The van der Waals surface area contributed by atoms with E-state index in [0.29, 0.717) is 17.2 Å². The van der Waals surface area contributed by atoms with Crippen molar-refractivity contribution in [1.29, 1.82) is 0 Å². The number of hydrogen-bond acceptors (Lipinski definition) is 5. The number of anilines is 2. The Morgan fingerprint density at radius 2 is 1.81 bits per heavy atom. The molecule has 0 bridgehead atoms. The molecule has 0 radical (unpaired) electrons. The van der Waals surface area contributed by atoms with Crippen LogP contribution < -0.4 is 16.6 Å². The lowest BCUT2D eigenvalue weighted by Crippen LogP contribution is -2.14. The van der Waals surface area contributed by atoms with E-state index in [9.17, 15) is 13.2 Å². The van der Waals surface area contributed by atoms with E-state index in [2.05, 4.69) is 20.7 Å². The van der Waals surface area contributed by atoms with Gasteiger partial charge >= 0.3 is 6.18 Å². The van der Waals surface area contributed by atoms with Gasteiger partial charge in [-0.05, 0) is 18.6 Å². The molecular formula is C13H14F3N5. The van der Waals surface area contributed by atoms with Crippen molar-refractivity contribution >= 4 is 11.6 Å². The fraction of sp³-hybridized carbons (Fsp3) is 0.231. The van der Waals surface area contributed by atoms with Crippen LogP contribution in [0.25, 0.3) is 0 Å². The molecule has 0 unspecified atom stereocenters. The van der Waals surface area contributed by atoms with Gasteiger partial charge in [0.1, 0.15) is 18.0 Å². The van der Waals surface area contributed by atoms with Crippen LogP contribution in [-0.4, -0.2) is 9.97 Å². The monoisotopic (exact) mass is 297 g/mol. The Bertz CT molecular complexity index is 627. The number of nitrogens with one attached hydrogen (secondary N) is 2. The van der Waals surface area contributed by atoms with Crippen LogP contribution in [0.15, 0.2) is 30.6 Å². The summed E-state index contributed by atoms with van der Waals surface area (Å²) in [6.45, 7) is 1.71. The van der Waals surface area contributed by atoms with Crippen molar-refractivity contribution in [2.75, 3.05) is 10.7 Å². The first-order valence-corrected chi connectivity index (χ1v) is 6.10. The van der Waals surface area contributed by atoms with E-state index in [0.717, 1.165) is 6.07 Å². The maximum Gasteiger partial charge on any atom is 0.416 e. The smallest absolute Gasteiger partial charge is 0.366 e. The summed E-state index contributed by atoms with van der Waals surface area (Å²) in [6.07, 6.45) is -3.11. The molecule has 8 heteroatoms. The van der Waals surface area contributed by atoms with Crippen molar-refractivity contribution < 1.29 is 13.2 Å². The lowest BCUT2D eigenvalue weighted by atomic mass is 10.1. The van der Waals surface area contributed by atoms with Crippen LogP contribution in [0.4, 0.5) is 24.8 Å². The van der Waals surface area contributed by atoms with Gasteiger partial charge in [0, 0.05) is 12.1 Å². The zero-order chi connectivity index (χ0) is 15.5. The second-order valence-electron chi connectivity index (χ2n) is 4.35. The molecule has 1 aromatic heterocycles. The first kappa shape index (κ1) is 15.0. The van der Waals surface area contributed by atoms with E-state index >= 15 is 0 Å². The highest BCUT2D eigenvalue weighted by atomic mass is 19.4. The third-order valence-electron chi connectivity index (χ3n) is 2.99. The maximum absolute atomic E-state index is 12.9. The summed E-state index contributed by atoms with van der Waals surface area (Å²) in [5.41, 5.74) is 2.51. The average molecular weight is 297 g/mol. The van der Waals surface area contributed by atoms with Gasteiger partial charge in [-0.2, -0.15) is 13.2 Å². The normalized spacial score (nSPS) is 11.3. The van der Waals surface area contributed by atoms with Crippen molar-refractivity contribution in [1.82, 2.24) is 9.97 Å². The molecule has 0 spiro atoms. The summed E-state index contributed by atoms with van der Waals surface area (Å²) in [4.78, 5) is 7.90. The molecule has 0 aliphatic heterocycles. The molecule has 0 atom stereocenters. The van der Waals surface area contributed by atoms with Gasteiger partial charge in [0.05, 0.1) is 5.56 Å². The molecule has 0 saturated heterocycles. The Morgan fingerprint density at radius 1 is 1.14 bits per heavy atom. The van der Waals surface area contributed by atoms with Crippen molar-refractivity contribution in [2.45, 2.75) is 19.6 Å². The predicted molar refractivity (Wildman–Crippen MR) is 73.3 cm³/mol. The Kier molecular flexibility index (Phi) is 4.27. The standard InChI is InChI=1S/C13H14F3N5/c1-8-11(19-7-20-12(8)21-17)18-6-9-4-2-3-5-10(9)13(14,15)16/h2-5,7H,6,17H2,1H3,(H2,18,19,20,21). The quantitative estimate of drug-likeness (QED) is 0.597. The Hall–Kier alpha value is -2.35. The third-order valence-corrected chi connectivity index (χ3v) is 2.99. The first-order valence-electron chi connectivity index (χ1n) is 6.10. The van der Waals surface area contributed by atoms with E-state index in [4.69, 9.17) is 5.84 Å². The number of nitrogens with two attached hydrogens (primary N) is 1.